The number of para-hydroxylation sites is 1. The summed E-state index contributed by atoms with van der Waals surface area (Å²) in [6.07, 6.45) is 0. The highest BCUT2D eigenvalue weighted by Gasteiger charge is 2.14. The lowest BCUT2D eigenvalue weighted by molar-refractivity contribution is 0.284. The standard InChI is InChI=1S/C18H15Cl2NO4/c1-10-4-3-5-11(2)16(10)24-7-6-21-15-13(17(22)25-18(21)23)8-12(19)9-14(15)20/h3-5,8-9H,6-7H2,1-2H3. The van der Waals surface area contributed by atoms with Gasteiger partial charge in [0.05, 0.1) is 22.5 Å². The quantitative estimate of drug-likeness (QED) is 0.688. The van der Waals surface area contributed by atoms with Crippen molar-refractivity contribution in [3.8, 4) is 5.75 Å². The average Bonchev–Trinajstić information content (AvgIpc) is 2.53. The number of rotatable bonds is 4. The van der Waals surface area contributed by atoms with E-state index < -0.39 is 11.4 Å². The van der Waals surface area contributed by atoms with E-state index in [1.54, 1.807) is 0 Å². The van der Waals surface area contributed by atoms with Crippen LogP contribution in [0.3, 0.4) is 0 Å². The van der Waals surface area contributed by atoms with Crippen LogP contribution >= 0.6 is 23.2 Å². The molecule has 1 aromatic heterocycles. The van der Waals surface area contributed by atoms with Gasteiger partial charge in [0.1, 0.15) is 12.4 Å². The van der Waals surface area contributed by atoms with Crippen molar-refractivity contribution < 1.29 is 9.15 Å². The van der Waals surface area contributed by atoms with Gasteiger partial charge >= 0.3 is 11.4 Å². The fourth-order valence-electron chi connectivity index (χ4n) is 2.75. The van der Waals surface area contributed by atoms with Gasteiger partial charge < -0.3 is 9.15 Å². The van der Waals surface area contributed by atoms with E-state index in [1.807, 2.05) is 32.0 Å². The fraction of sp³-hybridized carbons (Fsp3) is 0.222. The Kier molecular flexibility index (Phi) is 4.88. The molecule has 0 atom stereocenters. The van der Waals surface area contributed by atoms with Crippen LogP contribution in [0.2, 0.25) is 10.0 Å². The van der Waals surface area contributed by atoms with E-state index in [1.165, 1.54) is 16.7 Å². The Bertz CT molecular complexity index is 1050. The lowest BCUT2D eigenvalue weighted by atomic mass is 10.1. The monoisotopic (exact) mass is 379 g/mol. The maximum Gasteiger partial charge on any atom is 0.422 e. The second kappa shape index (κ2) is 6.94. The molecule has 0 saturated carbocycles. The zero-order valence-electron chi connectivity index (χ0n) is 13.6. The van der Waals surface area contributed by atoms with Crippen LogP contribution in [0, 0.1) is 13.8 Å². The minimum Gasteiger partial charge on any atom is -0.491 e. The first kappa shape index (κ1) is 17.6. The molecule has 3 rings (SSSR count). The van der Waals surface area contributed by atoms with Crippen molar-refractivity contribution in [1.82, 2.24) is 4.57 Å². The third-order valence-corrected chi connectivity index (χ3v) is 4.39. The van der Waals surface area contributed by atoms with E-state index in [0.29, 0.717) is 5.02 Å². The molecule has 0 fully saturated rings. The molecule has 0 aliphatic rings. The van der Waals surface area contributed by atoms with Gasteiger partial charge in [0.15, 0.2) is 0 Å². The number of ether oxygens (including phenoxy) is 1. The smallest absolute Gasteiger partial charge is 0.422 e. The van der Waals surface area contributed by atoms with Crippen molar-refractivity contribution in [2.24, 2.45) is 0 Å². The number of nitrogens with zero attached hydrogens (tertiary/aromatic N) is 1. The molecule has 0 amide bonds. The predicted molar refractivity (Wildman–Crippen MR) is 98.2 cm³/mol. The molecule has 25 heavy (non-hydrogen) atoms. The Morgan fingerprint density at radius 3 is 2.48 bits per heavy atom. The third-order valence-electron chi connectivity index (χ3n) is 3.89. The Labute approximate surface area is 153 Å². The van der Waals surface area contributed by atoms with E-state index in [0.717, 1.165) is 16.9 Å². The molecule has 0 aliphatic heterocycles. The summed E-state index contributed by atoms with van der Waals surface area (Å²) in [5.41, 5.74) is 1.52. The van der Waals surface area contributed by atoms with Gasteiger partial charge in [-0.2, -0.15) is 0 Å². The zero-order chi connectivity index (χ0) is 18.1. The summed E-state index contributed by atoms with van der Waals surface area (Å²) < 4.78 is 11.9. The number of aryl methyl sites for hydroxylation is 2. The molecule has 0 aliphatic carbocycles. The third kappa shape index (κ3) is 3.43. The minimum absolute atomic E-state index is 0.157. The highest BCUT2D eigenvalue weighted by molar-refractivity contribution is 6.38. The highest BCUT2D eigenvalue weighted by Crippen LogP contribution is 2.26. The fourth-order valence-corrected chi connectivity index (χ4v) is 3.34. The van der Waals surface area contributed by atoms with Crippen molar-refractivity contribution in [2.45, 2.75) is 20.4 Å². The molecule has 0 N–H and O–H groups in total. The highest BCUT2D eigenvalue weighted by atomic mass is 35.5. The number of benzene rings is 2. The minimum atomic E-state index is -0.785. The second-order valence-corrected chi connectivity index (χ2v) is 6.50. The van der Waals surface area contributed by atoms with Gasteiger partial charge in [-0.25, -0.2) is 9.59 Å². The molecule has 3 aromatic rings. The summed E-state index contributed by atoms with van der Waals surface area (Å²) in [6.45, 7) is 4.29. The van der Waals surface area contributed by atoms with Crippen LogP contribution in [-0.2, 0) is 6.54 Å². The van der Waals surface area contributed by atoms with Gasteiger partial charge in [0.2, 0.25) is 0 Å². The SMILES string of the molecule is Cc1cccc(C)c1OCCn1c(=O)oc(=O)c2cc(Cl)cc(Cl)c21. The van der Waals surface area contributed by atoms with Crippen molar-refractivity contribution >= 4 is 34.1 Å². The molecule has 1 heterocycles. The van der Waals surface area contributed by atoms with Gasteiger partial charge in [0, 0.05) is 5.02 Å². The lowest BCUT2D eigenvalue weighted by Gasteiger charge is -2.14. The van der Waals surface area contributed by atoms with E-state index in [9.17, 15) is 9.59 Å². The van der Waals surface area contributed by atoms with Crippen molar-refractivity contribution in [2.75, 3.05) is 6.61 Å². The van der Waals surface area contributed by atoms with Gasteiger partial charge in [0.25, 0.3) is 0 Å². The molecule has 7 heteroatoms. The summed E-state index contributed by atoms with van der Waals surface area (Å²) in [5.74, 6) is -0.0155. The number of fused-ring (bicyclic) bond motifs is 1. The van der Waals surface area contributed by atoms with Gasteiger partial charge in [-0.15, -0.1) is 0 Å². The number of hydrogen-bond donors (Lipinski definition) is 0. The maximum absolute atomic E-state index is 12.1. The van der Waals surface area contributed by atoms with Crippen LogP contribution in [0.1, 0.15) is 11.1 Å². The van der Waals surface area contributed by atoms with E-state index in [4.69, 9.17) is 32.4 Å². The number of halogens is 2. The van der Waals surface area contributed by atoms with Crippen LogP contribution in [0.15, 0.2) is 44.3 Å². The normalized spacial score (nSPS) is 11.0. The van der Waals surface area contributed by atoms with Crippen molar-refractivity contribution in [3.63, 3.8) is 0 Å². The molecule has 0 unspecified atom stereocenters. The molecule has 130 valence electrons. The van der Waals surface area contributed by atoms with Crippen molar-refractivity contribution in [3.05, 3.63) is 72.5 Å². The summed E-state index contributed by atoms with van der Waals surface area (Å²) >= 11 is 12.1. The Morgan fingerprint density at radius 1 is 1.12 bits per heavy atom. The van der Waals surface area contributed by atoms with Gasteiger partial charge in [-0.3, -0.25) is 4.57 Å². The molecule has 0 bridgehead atoms. The molecular formula is C18H15Cl2NO4. The first-order chi connectivity index (χ1) is 11.9. The topological polar surface area (TPSA) is 61.4 Å². The van der Waals surface area contributed by atoms with Gasteiger partial charge in [-0.05, 0) is 37.1 Å². The first-order valence-electron chi connectivity index (χ1n) is 7.60. The van der Waals surface area contributed by atoms with Crippen LogP contribution in [0.5, 0.6) is 5.75 Å². The van der Waals surface area contributed by atoms with Crippen LogP contribution < -0.4 is 16.1 Å². The summed E-state index contributed by atoms with van der Waals surface area (Å²) in [4.78, 5) is 24.0. The molecule has 2 aromatic carbocycles. The van der Waals surface area contributed by atoms with Crippen LogP contribution in [0.25, 0.3) is 10.9 Å². The number of hydrogen-bond acceptors (Lipinski definition) is 4. The predicted octanol–water partition coefficient (Wildman–Crippen LogP) is 3.96. The molecule has 5 nitrogen and oxygen atoms in total. The van der Waals surface area contributed by atoms with E-state index in [2.05, 4.69) is 0 Å². The van der Waals surface area contributed by atoms with Crippen LogP contribution in [0.4, 0.5) is 0 Å². The average molecular weight is 380 g/mol. The number of aromatic nitrogens is 1. The summed E-state index contributed by atoms with van der Waals surface area (Å²) in [6, 6.07) is 8.75. The Morgan fingerprint density at radius 2 is 1.80 bits per heavy atom. The maximum atomic E-state index is 12.1. The lowest BCUT2D eigenvalue weighted by Crippen LogP contribution is -2.27. The van der Waals surface area contributed by atoms with Crippen LogP contribution in [-0.4, -0.2) is 11.2 Å². The zero-order valence-corrected chi connectivity index (χ0v) is 15.1. The molecule has 0 saturated heterocycles. The van der Waals surface area contributed by atoms with Crippen molar-refractivity contribution in [1.29, 1.82) is 0 Å². The molecular weight excluding hydrogens is 365 g/mol. The summed E-state index contributed by atoms with van der Waals surface area (Å²) in [7, 11) is 0. The van der Waals surface area contributed by atoms with Gasteiger partial charge in [-0.1, -0.05) is 41.4 Å². The largest absolute Gasteiger partial charge is 0.491 e. The second-order valence-electron chi connectivity index (χ2n) is 5.66. The summed E-state index contributed by atoms with van der Waals surface area (Å²) in [5, 5.41) is 0.658. The Hall–Kier alpha value is -2.24. The van der Waals surface area contributed by atoms with E-state index >= 15 is 0 Å². The first-order valence-corrected chi connectivity index (χ1v) is 8.36. The molecule has 0 spiro atoms. The molecule has 0 radical (unpaired) electrons. The van der Waals surface area contributed by atoms with E-state index in [-0.39, 0.29) is 29.1 Å². The Balaban J connectivity index is 1.97.